The molecule has 0 spiro atoms. The maximum atomic E-state index is 13.4. The van der Waals surface area contributed by atoms with Gasteiger partial charge in [0.2, 0.25) is 0 Å². The van der Waals surface area contributed by atoms with E-state index in [0.29, 0.717) is 23.5 Å². The van der Waals surface area contributed by atoms with E-state index < -0.39 is 0 Å². The Balaban J connectivity index is 1.75. The van der Waals surface area contributed by atoms with E-state index in [9.17, 15) is 4.79 Å². The molecule has 1 aromatic heterocycles. The summed E-state index contributed by atoms with van der Waals surface area (Å²) in [4.78, 5) is 13.4. The molecule has 1 amide bonds. The van der Waals surface area contributed by atoms with Crippen LogP contribution in [0.4, 0.5) is 0 Å². The zero-order valence-electron chi connectivity index (χ0n) is 15.7. The molecule has 0 N–H and O–H groups in total. The molecular formula is C22H20N2O4. The van der Waals surface area contributed by atoms with Crippen LogP contribution in [0.1, 0.15) is 34.1 Å². The minimum atomic E-state index is -0.271. The number of methoxy groups -OCH3 is 2. The van der Waals surface area contributed by atoms with Crippen LogP contribution in [0.5, 0.6) is 11.5 Å². The number of furan rings is 1. The monoisotopic (exact) mass is 376 g/mol. The van der Waals surface area contributed by atoms with Crippen molar-refractivity contribution in [2.45, 2.75) is 12.5 Å². The van der Waals surface area contributed by atoms with Crippen LogP contribution in [-0.4, -0.2) is 30.8 Å². The second-order valence-electron chi connectivity index (χ2n) is 6.37. The molecule has 0 unspecified atom stereocenters. The smallest absolute Gasteiger partial charge is 0.278 e. The minimum absolute atomic E-state index is 0.230. The average molecular weight is 376 g/mol. The number of para-hydroxylation sites is 1. The van der Waals surface area contributed by atoms with Gasteiger partial charge in [-0.15, -0.1) is 0 Å². The molecule has 28 heavy (non-hydrogen) atoms. The van der Waals surface area contributed by atoms with Gasteiger partial charge in [-0.2, -0.15) is 5.10 Å². The summed E-state index contributed by atoms with van der Waals surface area (Å²) in [6, 6.07) is 18.2. The molecule has 1 aliphatic heterocycles. The highest BCUT2D eigenvalue weighted by molar-refractivity contribution is 6.04. The molecule has 1 atom stereocenters. The normalized spacial score (nSPS) is 16.0. The van der Waals surface area contributed by atoms with E-state index in [1.165, 1.54) is 5.01 Å². The first-order valence-electron chi connectivity index (χ1n) is 8.93. The maximum Gasteiger partial charge on any atom is 0.278 e. The van der Waals surface area contributed by atoms with Crippen LogP contribution in [-0.2, 0) is 0 Å². The summed E-state index contributed by atoms with van der Waals surface area (Å²) in [7, 11) is 3.17. The fourth-order valence-electron chi connectivity index (χ4n) is 3.34. The number of hydrogen-bond donors (Lipinski definition) is 0. The number of carbonyl (C=O) groups excluding carboxylic acids is 1. The van der Waals surface area contributed by atoms with Crippen molar-refractivity contribution >= 4 is 11.6 Å². The van der Waals surface area contributed by atoms with Crippen molar-refractivity contribution in [2.24, 2.45) is 5.10 Å². The van der Waals surface area contributed by atoms with Crippen molar-refractivity contribution in [3.63, 3.8) is 0 Å². The number of hydrogen-bond acceptors (Lipinski definition) is 5. The van der Waals surface area contributed by atoms with Crippen molar-refractivity contribution < 1.29 is 18.7 Å². The van der Waals surface area contributed by atoms with Crippen LogP contribution in [0.15, 0.2) is 76.4 Å². The number of hydrazone groups is 1. The van der Waals surface area contributed by atoms with Gasteiger partial charge in [0.25, 0.3) is 5.91 Å². The summed E-state index contributed by atoms with van der Waals surface area (Å²) in [6.07, 6.45) is 2.14. The fourth-order valence-corrected chi connectivity index (χ4v) is 3.34. The molecule has 0 aliphatic carbocycles. The Morgan fingerprint density at radius 3 is 2.68 bits per heavy atom. The first-order chi connectivity index (χ1) is 13.7. The summed E-state index contributed by atoms with van der Waals surface area (Å²) >= 11 is 0. The summed E-state index contributed by atoms with van der Waals surface area (Å²) in [6.45, 7) is 0. The number of benzene rings is 2. The van der Waals surface area contributed by atoms with Crippen molar-refractivity contribution in [1.82, 2.24) is 5.01 Å². The predicted molar refractivity (Wildman–Crippen MR) is 105 cm³/mol. The van der Waals surface area contributed by atoms with E-state index in [1.54, 1.807) is 32.6 Å². The lowest BCUT2D eigenvalue weighted by molar-refractivity contribution is 0.0707. The summed E-state index contributed by atoms with van der Waals surface area (Å²) in [5.74, 6) is 1.67. The molecule has 6 heteroatoms. The molecule has 3 aromatic rings. The van der Waals surface area contributed by atoms with E-state index in [0.717, 1.165) is 17.0 Å². The quantitative estimate of drug-likeness (QED) is 0.666. The molecule has 1 aliphatic rings. The van der Waals surface area contributed by atoms with E-state index >= 15 is 0 Å². The molecule has 4 rings (SSSR count). The SMILES string of the molecule is COc1cccc([C@H]2CC(c3ccco3)=NN2C(=O)c2ccccc2OC)c1. The van der Waals surface area contributed by atoms with Gasteiger partial charge in [-0.3, -0.25) is 4.79 Å². The van der Waals surface area contributed by atoms with Crippen LogP contribution in [0.3, 0.4) is 0 Å². The van der Waals surface area contributed by atoms with Crippen LogP contribution in [0.25, 0.3) is 0 Å². The molecule has 142 valence electrons. The van der Waals surface area contributed by atoms with E-state index in [4.69, 9.17) is 13.9 Å². The number of rotatable bonds is 5. The number of carbonyl (C=O) groups is 1. The van der Waals surface area contributed by atoms with Crippen LogP contribution < -0.4 is 9.47 Å². The van der Waals surface area contributed by atoms with Gasteiger partial charge in [-0.25, -0.2) is 5.01 Å². The largest absolute Gasteiger partial charge is 0.497 e. The molecule has 0 saturated heterocycles. The van der Waals surface area contributed by atoms with Gasteiger partial charge >= 0.3 is 0 Å². The van der Waals surface area contributed by atoms with Crippen LogP contribution in [0, 0.1) is 0 Å². The lowest BCUT2D eigenvalue weighted by Crippen LogP contribution is -2.27. The predicted octanol–water partition coefficient (Wildman–Crippen LogP) is 4.29. The highest BCUT2D eigenvalue weighted by atomic mass is 16.5. The van der Waals surface area contributed by atoms with Gasteiger partial charge in [0, 0.05) is 6.42 Å². The summed E-state index contributed by atoms with van der Waals surface area (Å²) in [5, 5.41) is 6.11. The third kappa shape index (κ3) is 3.24. The van der Waals surface area contributed by atoms with Gasteiger partial charge < -0.3 is 13.9 Å². The number of ether oxygens (including phenoxy) is 2. The zero-order chi connectivity index (χ0) is 19.5. The second-order valence-corrected chi connectivity index (χ2v) is 6.37. The third-order valence-electron chi connectivity index (χ3n) is 4.74. The van der Waals surface area contributed by atoms with Crippen molar-refractivity contribution in [3.05, 3.63) is 83.8 Å². The first-order valence-corrected chi connectivity index (χ1v) is 8.93. The van der Waals surface area contributed by atoms with Gasteiger partial charge in [0.15, 0.2) is 0 Å². The fraction of sp³-hybridized carbons (Fsp3) is 0.182. The van der Waals surface area contributed by atoms with Gasteiger partial charge in [0.05, 0.1) is 32.1 Å². The standard InChI is InChI=1S/C22H20N2O4/c1-26-16-8-5-7-15(13-16)19-14-18(21-11-6-12-28-21)23-24(19)22(25)17-9-3-4-10-20(17)27-2/h3-13,19H,14H2,1-2H3/t19-/m1/s1. The highest BCUT2D eigenvalue weighted by Gasteiger charge is 2.35. The molecule has 0 fully saturated rings. The number of nitrogens with zero attached hydrogens (tertiary/aromatic N) is 2. The number of amides is 1. The Morgan fingerprint density at radius 2 is 1.93 bits per heavy atom. The summed E-state index contributed by atoms with van der Waals surface area (Å²) in [5.41, 5.74) is 2.12. The van der Waals surface area contributed by atoms with E-state index in [1.807, 2.05) is 48.5 Å². The average Bonchev–Trinajstić information content (AvgIpc) is 3.43. The third-order valence-corrected chi connectivity index (χ3v) is 4.74. The summed E-state index contributed by atoms with van der Waals surface area (Å²) < 4.78 is 16.2. The lowest BCUT2D eigenvalue weighted by atomic mass is 10.00. The van der Waals surface area contributed by atoms with Crippen LogP contribution in [0.2, 0.25) is 0 Å². The molecular weight excluding hydrogens is 356 g/mol. The van der Waals surface area contributed by atoms with E-state index in [-0.39, 0.29) is 11.9 Å². The molecule has 6 nitrogen and oxygen atoms in total. The lowest BCUT2D eigenvalue weighted by Gasteiger charge is -2.23. The molecule has 2 heterocycles. The van der Waals surface area contributed by atoms with Crippen molar-refractivity contribution in [1.29, 1.82) is 0 Å². The Labute approximate surface area is 163 Å². The minimum Gasteiger partial charge on any atom is -0.497 e. The van der Waals surface area contributed by atoms with Crippen LogP contribution >= 0.6 is 0 Å². The maximum absolute atomic E-state index is 13.4. The second kappa shape index (κ2) is 7.60. The van der Waals surface area contributed by atoms with Gasteiger partial charge in [-0.05, 0) is 42.0 Å². The molecule has 0 radical (unpaired) electrons. The first kappa shape index (κ1) is 17.9. The Morgan fingerprint density at radius 1 is 1.07 bits per heavy atom. The van der Waals surface area contributed by atoms with Gasteiger partial charge in [0.1, 0.15) is 23.0 Å². The van der Waals surface area contributed by atoms with E-state index in [2.05, 4.69) is 5.10 Å². The Bertz CT molecular complexity index is 1010. The highest BCUT2D eigenvalue weighted by Crippen LogP contribution is 2.36. The topological polar surface area (TPSA) is 64.3 Å². The zero-order valence-corrected chi connectivity index (χ0v) is 15.7. The Kier molecular flexibility index (Phi) is 4.85. The van der Waals surface area contributed by atoms with Crippen molar-refractivity contribution in [3.8, 4) is 11.5 Å². The van der Waals surface area contributed by atoms with Crippen molar-refractivity contribution in [2.75, 3.05) is 14.2 Å². The van der Waals surface area contributed by atoms with Gasteiger partial charge in [-0.1, -0.05) is 24.3 Å². The molecule has 0 saturated carbocycles. The molecule has 0 bridgehead atoms. The molecule has 2 aromatic carbocycles. The Hall–Kier alpha value is -3.54.